The van der Waals surface area contributed by atoms with E-state index in [1.165, 1.54) is 45.3 Å². The van der Waals surface area contributed by atoms with Crippen molar-refractivity contribution in [2.24, 2.45) is 5.92 Å². The van der Waals surface area contributed by atoms with E-state index in [9.17, 15) is 4.79 Å². The summed E-state index contributed by atoms with van der Waals surface area (Å²) in [4.78, 5) is 13.9. The van der Waals surface area contributed by atoms with Gasteiger partial charge in [0.05, 0.1) is 0 Å². The van der Waals surface area contributed by atoms with Gasteiger partial charge in [-0.05, 0) is 44.6 Å². The fraction of sp³-hybridized carbons (Fsp3) is 0.929. The van der Waals surface area contributed by atoms with Crippen LogP contribution >= 0.6 is 0 Å². The highest BCUT2D eigenvalue weighted by molar-refractivity contribution is 5.78. The summed E-state index contributed by atoms with van der Waals surface area (Å²) in [7, 11) is 0. The number of nitrogens with one attached hydrogen (secondary N) is 2. The monoisotopic (exact) mass is 251 g/mol. The molecule has 2 unspecified atom stereocenters. The van der Waals surface area contributed by atoms with Crippen molar-refractivity contribution in [3.05, 3.63) is 0 Å². The number of hydrogen-bond acceptors (Lipinski definition) is 3. The van der Waals surface area contributed by atoms with Crippen LogP contribution in [0.3, 0.4) is 0 Å². The van der Waals surface area contributed by atoms with Gasteiger partial charge in [-0.2, -0.15) is 0 Å². The summed E-state index contributed by atoms with van der Waals surface area (Å²) in [5.74, 6) is 1.17. The van der Waals surface area contributed by atoms with Gasteiger partial charge >= 0.3 is 0 Å². The second-order valence-corrected chi connectivity index (χ2v) is 6.26. The summed E-state index contributed by atoms with van der Waals surface area (Å²) in [5.41, 5.74) is 0. The van der Waals surface area contributed by atoms with Crippen LogP contribution in [0.15, 0.2) is 0 Å². The molecular formula is C14H25N3O. The van der Waals surface area contributed by atoms with E-state index in [4.69, 9.17) is 0 Å². The predicted octanol–water partition coefficient (Wildman–Crippen LogP) is 0.729. The van der Waals surface area contributed by atoms with Crippen LogP contribution in [0, 0.1) is 5.92 Å². The molecule has 4 nitrogen and oxygen atoms in total. The topological polar surface area (TPSA) is 44.4 Å². The first-order valence-corrected chi connectivity index (χ1v) is 7.55. The van der Waals surface area contributed by atoms with E-state index in [0.29, 0.717) is 12.1 Å². The summed E-state index contributed by atoms with van der Waals surface area (Å²) in [6.45, 7) is 4.65. The molecule has 2 atom stereocenters. The molecule has 3 aliphatic rings. The Bertz CT molecular complexity index is 297. The molecular weight excluding hydrogens is 226 g/mol. The third-order valence-electron chi connectivity index (χ3n) is 4.42. The molecule has 0 bridgehead atoms. The van der Waals surface area contributed by atoms with E-state index in [1.54, 1.807) is 0 Å². The SMILES string of the molecule is O=C1CCC(CN(CC2CC2)CC2CCCN2)N1. The van der Waals surface area contributed by atoms with Gasteiger partial charge in [0.15, 0.2) is 0 Å². The zero-order chi connectivity index (χ0) is 12.4. The van der Waals surface area contributed by atoms with Crippen LogP contribution in [0.5, 0.6) is 0 Å². The maximum absolute atomic E-state index is 11.3. The normalized spacial score (nSPS) is 32.2. The second-order valence-electron chi connectivity index (χ2n) is 6.26. The molecule has 4 heteroatoms. The first-order chi connectivity index (χ1) is 8.79. The van der Waals surface area contributed by atoms with Crippen LogP contribution in [0.1, 0.15) is 38.5 Å². The molecule has 2 saturated heterocycles. The zero-order valence-electron chi connectivity index (χ0n) is 11.2. The number of amides is 1. The van der Waals surface area contributed by atoms with Crippen molar-refractivity contribution < 1.29 is 4.79 Å². The van der Waals surface area contributed by atoms with E-state index < -0.39 is 0 Å². The molecule has 102 valence electrons. The average Bonchev–Trinajstić information content (AvgIpc) is 2.84. The zero-order valence-corrected chi connectivity index (χ0v) is 11.2. The van der Waals surface area contributed by atoms with Gasteiger partial charge in [-0.3, -0.25) is 9.69 Å². The van der Waals surface area contributed by atoms with Crippen molar-refractivity contribution in [2.45, 2.75) is 50.6 Å². The molecule has 0 radical (unpaired) electrons. The Labute approximate surface area is 109 Å². The summed E-state index contributed by atoms with van der Waals surface area (Å²) in [5, 5.41) is 6.69. The van der Waals surface area contributed by atoms with Gasteiger partial charge in [-0.25, -0.2) is 0 Å². The molecule has 1 saturated carbocycles. The van der Waals surface area contributed by atoms with E-state index in [-0.39, 0.29) is 5.91 Å². The van der Waals surface area contributed by atoms with Crippen LogP contribution in [-0.4, -0.2) is 49.1 Å². The average molecular weight is 251 g/mol. The van der Waals surface area contributed by atoms with Gasteiger partial charge < -0.3 is 10.6 Å². The number of carbonyl (C=O) groups is 1. The third-order valence-corrected chi connectivity index (χ3v) is 4.42. The lowest BCUT2D eigenvalue weighted by molar-refractivity contribution is -0.119. The van der Waals surface area contributed by atoms with Gasteiger partial charge in [0.25, 0.3) is 0 Å². The van der Waals surface area contributed by atoms with E-state index in [0.717, 1.165) is 25.3 Å². The minimum absolute atomic E-state index is 0.241. The highest BCUT2D eigenvalue weighted by atomic mass is 16.1. The van der Waals surface area contributed by atoms with Gasteiger partial charge in [-0.1, -0.05) is 0 Å². The maximum Gasteiger partial charge on any atom is 0.220 e. The van der Waals surface area contributed by atoms with Crippen molar-refractivity contribution in [1.29, 1.82) is 0 Å². The largest absolute Gasteiger partial charge is 0.352 e. The van der Waals surface area contributed by atoms with E-state index in [1.807, 2.05) is 0 Å². The van der Waals surface area contributed by atoms with Crippen LogP contribution in [0.2, 0.25) is 0 Å². The van der Waals surface area contributed by atoms with Gasteiger partial charge in [0, 0.05) is 38.1 Å². The van der Waals surface area contributed by atoms with E-state index >= 15 is 0 Å². The summed E-state index contributed by atoms with van der Waals surface area (Å²) < 4.78 is 0. The Morgan fingerprint density at radius 3 is 2.50 bits per heavy atom. The fourth-order valence-corrected chi connectivity index (χ4v) is 3.24. The number of rotatable bonds is 6. The molecule has 0 spiro atoms. The Hall–Kier alpha value is -0.610. The highest BCUT2D eigenvalue weighted by Gasteiger charge is 2.29. The quantitative estimate of drug-likeness (QED) is 0.731. The lowest BCUT2D eigenvalue weighted by atomic mass is 10.1. The molecule has 0 aromatic carbocycles. The highest BCUT2D eigenvalue weighted by Crippen LogP contribution is 2.30. The van der Waals surface area contributed by atoms with Crippen LogP contribution < -0.4 is 10.6 Å². The van der Waals surface area contributed by atoms with Crippen molar-refractivity contribution in [3.8, 4) is 0 Å². The van der Waals surface area contributed by atoms with Gasteiger partial charge in [0.2, 0.25) is 5.91 Å². The Morgan fingerprint density at radius 1 is 1.06 bits per heavy atom. The number of nitrogens with zero attached hydrogens (tertiary/aromatic N) is 1. The standard InChI is InChI=1S/C14H25N3O/c18-14-6-5-13(16-14)10-17(8-11-3-4-11)9-12-2-1-7-15-12/h11-13,15H,1-10H2,(H,16,18). The predicted molar refractivity (Wildman–Crippen MR) is 71.4 cm³/mol. The molecule has 0 aromatic heterocycles. The van der Waals surface area contributed by atoms with Crippen molar-refractivity contribution >= 4 is 5.91 Å². The van der Waals surface area contributed by atoms with E-state index in [2.05, 4.69) is 15.5 Å². The summed E-state index contributed by atoms with van der Waals surface area (Å²) in [6, 6.07) is 1.08. The smallest absolute Gasteiger partial charge is 0.220 e. The minimum Gasteiger partial charge on any atom is -0.352 e. The number of hydrogen-bond donors (Lipinski definition) is 2. The van der Waals surface area contributed by atoms with Crippen molar-refractivity contribution in [2.75, 3.05) is 26.2 Å². The summed E-state index contributed by atoms with van der Waals surface area (Å²) in [6.07, 6.45) is 7.21. The minimum atomic E-state index is 0.241. The molecule has 2 aliphatic heterocycles. The van der Waals surface area contributed by atoms with Crippen LogP contribution in [0.25, 0.3) is 0 Å². The Balaban J connectivity index is 1.49. The molecule has 18 heavy (non-hydrogen) atoms. The first kappa shape index (κ1) is 12.4. The Kier molecular flexibility index (Phi) is 3.85. The third kappa shape index (κ3) is 3.45. The summed E-state index contributed by atoms with van der Waals surface area (Å²) >= 11 is 0. The lowest BCUT2D eigenvalue weighted by Gasteiger charge is -2.28. The van der Waals surface area contributed by atoms with Gasteiger partial charge in [0.1, 0.15) is 0 Å². The molecule has 1 amide bonds. The molecule has 2 N–H and O–H groups in total. The van der Waals surface area contributed by atoms with Gasteiger partial charge in [-0.15, -0.1) is 0 Å². The first-order valence-electron chi connectivity index (χ1n) is 7.55. The number of carbonyl (C=O) groups excluding carboxylic acids is 1. The van der Waals surface area contributed by atoms with Crippen molar-refractivity contribution in [1.82, 2.24) is 15.5 Å². The Morgan fingerprint density at radius 2 is 1.89 bits per heavy atom. The molecule has 1 aliphatic carbocycles. The van der Waals surface area contributed by atoms with Crippen LogP contribution in [0.4, 0.5) is 0 Å². The maximum atomic E-state index is 11.3. The molecule has 2 heterocycles. The second kappa shape index (κ2) is 5.57. The fourth-order valence-electron chi connectivity index (χ4n) is 3.24. The molecule has 0 aromatic rings. The molecule has 3 rings (SSSR count). The molecule has 3 fully saturated rings. The lowest BCUT2D eigenvalue weighted by Crippen LogP contribution is -2.44. The van der Waals surface area contributed by atoms with Crippen molar-refractivity contribution in [3.63, 3.8) is 0 Å². The van der Waals surface area contributed by atoms with Crippen LogP contribution in [-0.2, 0) is 4.79 Å².